The Morgan fingerprint density at radius 2 is 0.667 bits per heavy atom. The fraction of sp³-hybridized carbons (Fsp3) is 0.613. The maximum atomic E-state index is 13.2. The van der Waals surface area contributed by atoms with Gasteiger partial charge in [-0.05, 0) is 52.0 Å². The molecule has 0 N–H and O–H groups in total. The molecule has 0 spiro atoms. The number of hydrogen-bond acceptors (Lipinski definition) is 0. The first-order valence-electron chi connectivity index (χ1n) is 12.4. The molecule has 2 rings (SSSR count). The Balaban J connectivity index is 2.39. The van der Waals surface area contributed by atoms with Crippen LogP contribution in [0.5, 0.6) is 11.5 Å². The first-order chi connectivity index (χ1) is 14.7. The fourth-order valence-corrected chi connectivity index (χ4v) is 4.39. The van der Waals surface area contributed by atoms with E-state index in [1.165, 1.54) is 11.1 Å². The van der Waals surface area contributed by atoms with E-state index in [2.05, 4.69) is 107 Å². The smallest absolute Gasteiger partial charge is 0.186 e. The number of rotatable bonds is 4. The van der Waals surface area contributed by atoms with Crippen molar-refractivity contribution in [1.82, 2.24) is 0 Å². The number of aryl methyl sites for hydroxylation is 2. The molecule has 33 heavy (non-hydrogen) atoms. The summed E-state index contributed by atoms with van der Waals surface area (Å²) in [5.74, 6) is 0.379. The molecule has 0 heterocycles. The van der Waals surface area contributed by atoms with Crippen LogP contribution in [0.1, 0.15) is 123 Å². The second kappa shape index (κ2) is 9.01. The lowest BCUT2D eigenvalue weighted by atomic mass is 9.77. The summed E-state index contributed by atoms with van der Waals surface area (Å²) >= 11 is 0. The van der Waals surface area contributed by atoms with Crippen LogP contribution in [0.15, 0.2) is 24.3 Å². The molecule has 0 amide bonds. The van der Waals surface area contributed by atoms with Crippen molar-refractivity contribution < 1.29 is 10.2 Å². The molecule has 182 valence electrons. The van der Waals surface area contributed by atoms with Crippen molar-refractivity contribution in [3.63, 3.8) is 0 Å². The molecule has 0 unspecified atom stereocenters. The van der Waals surface area contributed by atoms with Gasteiger partial charge in [-0.2, -0.15) is 0 Å². The summed E-state index contributed by atoms with van der Waals surface area (Å²) in [4.78, 5) is 0. The Bertz CT molecular complexity index is 832. The summed E-state index contributed by atoms with van der Waals surface area (Å²) in [5.41, 5.74) is 5.38. The Morgan fingerprint density at radius 1 is 0.455 bits per heavy atom. The highest BCUT2D eigenvalue weighted by atomic mass is 16.3. The van der Waals surface area contributed by atoms with Crippen LogP contribution in [0.3, 0.4) is 0 Å². The molecule has 0 atom stereocenters. The lowest BCUT2D eigenvalue weighted by Crippen LogP contribution is -2.18. The first kappa shape index (κ1) is 27.3. The third-order valence-corrected chi connectivity index (χ3v) is 6.46. The highest BCUT2D eigenvalue weighted by Gasteiger charge is 2.29. The highest BCUT2D eigenvalue weighted by Crippen LogP contribution is 2.42. The maximum Gasteiger partial charge on any atom is 0.186 e. The summed E-state index contributed by atoms with van der Waals surface area (Å²) in [7, 11) is 0. The molecule has 0 fully saturated rings. The van der Waals surface area contributed by atoms with Crippen LogP contribution in [0.25, 0.3) is 0 Å². The van der Waals surface area contributed by atoms with Gasteiger partial charge in [0.25, 0.3) is 0 Å². The topological polar surface area (TPSA) is 39.8 Å². The molecule has 2 aromatic carbocycles. The van der Waals surface area contributed by atoms with Crippen LogP contribution in [-0.4, -0.2) is 0 Å². The van der Waals surface area contributed by atoms with Crippen LogP contribution in [0.4, 0.5) is 0 Å². The van der Waals surface area contributed by atoms with E-state index in [0.29, 0.717) is 0 Å². The molecular weight excluding hydrogens is 404 g/mol. The molecule has 2 nitrogen and oxygen atoms in total. The third kappa shape index (κ3) is 6.55. The summed E-state index contributed by atoms with van der Waals surface area (Å²) in [6.45, 7) is 25.4. The zero-order valence-corrected chi connectivity index (χ0v) is 23.2. The largest absolute Gasteiger partial charge is 0.289 e. The Kier molecular flexibility index (Phi) is 7.45. The highest BCUT2D eigenvalue weighted by molar-refractivity contribution is 5.51. The third-order valence-electron chi connectivity index (χ3n) is 6.46. The van der Waals surface area contributed by atoms with E-state index >= 15 is 0 Å². The minimum Gasteiger partial charge on any atom is -0.289 e. The van der Waals surface area contributed by atoms with Crippen molar-refractivity contribution in [3.8, 4) is 11.5 Å². The van der Waals surface area contributed by atoms with E-state index in [1.54, 1.807) is 0 Å². The predicted octanol–water partition coefficient (Wildman–Crippen LogP) is 9.34. The average Bonchev–Trinajstić information content (AvgIpc) is 2.60. The average molecular weight is 451 g/mol. The normalized spacial score (nSPS) is 13.5. The van der Waals surface area contributed by atoms with Gasteiger partial charge in [-0.1, -0.05) is 107 Å². The lowest BCUT2D eigenvalue weighted by molar-refractivity contribution is 0.326. The molecule has 0 aliphatic rings. The Labute approximate surface area is 203 Å². The van der Waals surface area contributed by atoms with Gasteiger partial charge in [0, 0.05) is 22.3 Å². The zero-order chi connectivity index (χ0) is 25.6. The molecule has 0 aromatic heterocycles. The second-order valence-corrected chi connectivity index (χ2v) is 13.9. The lowest BCUT2D eigenvalue weighted by Gasteiger charge is -2.27. The summed E-state index contributed by atoms with van der Waals surface area (Å²) in [6.07, 6.45) is 2.82. The molecule has 0 aliphatic carbocycles. The summed E-state index contributed by atoms with van der Waals surface area (Å²) in [6, 6.07) is 8.50. The van der Waals surface area contributed by atoms with E-state index in [1.807, 2.05) is 0 Å². The van der Waals surface area contributed by atoms with Crippen LogP contribution < -0.4 is 0 Å². The minimum atomic E-state index is -0.180. The van der Waals surface area contributed by atoms with Crippen molar-refractivity contribution in [1.29, 1.82) is 0 Å². The molecule has 0 aliphatic heterocycles. The SMILES string of the molecule is CC(C)(C)c1cc(CCCc2cc(C(C)(C)C)c([O])c(C(C)(C)C)c2)cc(C(C)(C)C)c1[O]. The molecule has 0 saturated carbocycles. The van der Waals surface area contributed by atoms with Gasteiger partial charge in [0.2, 0.25) is 0 Å². The predicted molar refractivity (Wildman–Crippen MR) is 140 cm³/mol. The summed E-state index contributed by atoms with van der Waals surface area (Å²) in [5, 5.41) is 26.3. The molecule has 0 saturated heterocycles. The van der Waals surface area contributed by atoms with Crippen molar-refractivity contribution in [3.05, 3.63) is 57.6 Å². The monoisotopic (exact) mass is 450 g/mol. The quantitative estimate of drug-likeness (QED) is 0.445. The number of hydrogen-bond donors (Lipinski definition) is 0. The van der Waals surface area contributed by atoms with Gasteiger partial charge in [0.1, 0.15) is 0 Å². The van der Waals surface area contributed by atoms with E-state index in [9.17, 15) is 10.2 Å². The first-order valence-corrected chi connectivity index (χ1v) is 12.4. The van der Waals surface area contributed by atoms with Gasteiger partial charge < -0.3 is 0 Å². The summed E-state index contributed by atoms with van der Waals surface area (Å²) < 4.78 is 0. The molecular formula is C31H46O2. The van der Waals surface area contributed by atoms with Crippen LogP contribution in [0, 0.1) is 0 Å². The van der Waals surface area contributed by atoms with Crippen molar-refractivity contribution in [2.45, 2.75) is 124 Å². The van der Waals surface area contributed by atoms with Gasteiger partial charge in [-0.25, -0.2) is 0 Å². The van der Waals surface area contributed by atoms with Crippen molar-refractivity contribution >= 4 is 0 Å². The number of benzene rings is 2. The molecule has 2 heteroatoms. The fourth-order valence-electron chi connectivity index (χ4n) is 4.39. The van der Waals surface area contributed by atoms with Crippen LogP contribution in [-0.2, 0) is 44.7 Å². The molecule has 0 bridgehead atoms. The van der Waals surface area contributed by atoms with E-state index in [-0.39, 0.29) is 33.2 Å². The van der Waals surface area contributed by atoms with Crippen LogP contribution in [0.2, 0.25) is 0 Å². The van der Waals surface area contributed by atoms with Gasteiger partial charge in [-0.15, -0.1) is 0 Å². The minimum absolute atomic E-state index is 0.180. The van der Waals surface area contributed by atoms with Crippen LogP contribution >= 0.6 is 0 Å². The van der Waals surface area contributed by atoms with Gasteiger partial charge >= 0.3 is 0 Å². The van der Waals surface area contributed by atoms with E-state index < -0.39 is 0 Å². The Hall–Kier alpha value is -1.96. The van der Waals surface area contributed by atoms with Gasteiger partial charge in [0.15, 0.2) is 11.5 Å². The van der Waals surface area contributed by atoms with E-state index in [4.69, 9.17) is 0 Å². The van der Waals surface area contributed by atoms with Gasteiger partial charge in [0.05, 0.1) is 0 Å². The molecule has 2 radical (unpaired) electrons. The zero-order valence-electron chi connectivity index (χ0n) is 23.2. The second-order valence-electron chi connectivity index (χ2n) is 13.9. The maximum absolute atomic E-state index is 13.2. The standard InChI is InChI=1S/C31H46O2/c1-28(2,3)22-16-20(17-23(26(22)32)29(4,5)6)14-13-15-21-18-24(30(7,8)9)27(33)25(19-21)31(10,11)12/h16-19H,13-15H2,1-12H3. The van der Waals surface area contributed by atoms with Crippen molar-refractivity contribution in [2.24, 2.45) is 0 Å². The van der Waals surface area contributed by atoms with E-state index in [0.717, 1.165) is 41.5 Å². The van der Waals surface area contributed by atoms with Crippen molar-refractivity contribution in [2.75, 3.05) is 0 Å². The molecule has 2 aromatic rings. The van der Waals surface area contributed by atoms with Gasteiger partial charge in [-0.3, -0.25) is 10.2 Å². The Morgan fingerprint density at radius 3 is 0.848 bits per heavy atom.